The largest absolute Gasteiger partial charge is 0.359 e. The fourth-order valence-corrected chi connectivity index (χ4v) is 5.17. The third kappa shape index (κ3) is 4.18. The van der Waals surface area contributed by atoms with Crippen molar-refractivity contribution in [1.82, 2.24) is 24.7 Å². The predicted molar refractivity (Wildman–Crippen MR) is 120 cm³/mol. The van der Waals surface area contributed by atoms with Crippen molar-refractivity contribution in [2.24, 2.45) is 5.92 Å². The molecule has 0 aromatic carbocycles. The lowest BCUT2D eigenvalue weighted by Gasteiger charge is -2.35. The summed E-state index contributed by atoms with van der Waals surface area (Å²) in [5.41, 5.74) is 2.07. The molecule has 4 rings (SSSR count). The minimum Gasteiger partial charge on any atom is -0.359 e. The molecule has 0 spiro atoms. The predicted octanol–water partition coefficient (Wildman–Crippen LogP) is 1.78. The molecule has 2 unspecified atom stereocenters. The van der Waals surface area contributed by atoms with Gasteiger partial charge < -0.3 is 15.2 Å². The summed E-state index contributed by atoms with van der Waals surface area (Å²) in [7, 11) is 1.48. The lowest BCUT2D eigenvalue weighted by Crippen LogP contribution is -2.46. The van der Waals surface area contributed by atoms with Gasteiger partial charge in [0.2, 0.25) is 11.8 Å². The highest BCUT2D eigenvalue weighted by atomic mass is 19.1. The van der Waals surface area contributed by atoms with Crippen LogP contribution in [0.2, 0.25) is 0 Å². The zero-order chi connectivity index (χ0) is 23.0. The fourth-order valence-electron chi connectivity index (χ4n) is 5.17. The maximum atomic E-state index is 14.8. The van der Waals surface area contributed by atoms with Gasteiger partial charge in [-0.25, -0.2) is 9.18 Å². The number of halogens is 1. The van der Waals surface area contributed by atoms with Crippen LogP contribution in [0.5, 0.6) is 0 Å². The average molecular weight is 446 g/mol. The first-order valence-electron chi connectivity index (χ1n) is 11.4. The number of H-pyrrole nitrogens is 1. The first kappa shape index (κ1) is 22.5. The standard InChI is InChI=1S/C23H32FN5O3/c1-14-4-10-28(11-5-14)19(30)13-27-8-6-16(7-9-27)29-18-12-17(24)20(22(31)25-3)15(2)21(18)26-23(29)32/h12,15-16,20H,1,4-11,13H2,2-3H3,(H,25,31)(H,26,32). The highest BCUT2D eigenvalue weighted by Crippen LogP contribution is 2.39. The van der Waals surface area contributed by atoms with E-state index in [1.165, 1.54) is 18.7 Å². The van der Waals surface area contributed by atoms with E-state index < -0.39 is 23.6 Å². The molecular weight excluding hydrogens is 413 g/mol. The fraction of sp³-hybridized carbons (Fsp3) is 0.609. The van der Waals surface area contributed by atoms with Crippen LogP contribution < -0.4 is 11.0 Å². The second-order valence-corrected chi connectivity index (χ2v) is 9.15. The lowest BCUT2D eigenvalue weighted by atomic mass is 9.84. The number of likely N-dealkylation sites (tertiary alicyclic amines) is 2. The average Bonchev–Trinajstić information content (AvgIpc) is 3.10. The molecule has 9 heteroatoms. The lowest BCUT2D eigenvalue weighted by molar-refractivity contribution is -0.133. The molecule has 2 saturated heterocycles. The first-order chi connectivity index (χ1) is 15.3. The van der Waals surface area contributed by atoms with E-state index in [0.29, 0.717) is 43.9 Å². The maximum Gasteiger partial charge on any atom is 0.326 e. The number of aromatic nitrogens is 2. The monoisotopic (exact) mass is 445 g/mol. The molecule has 0 radical (unpaired) electrons. The van der Waals surface area contributed by atoms with Crippen molar-refractivity contribution in [1.29, 1.82) is 0 Å². The molecule has 0 bridgehead atoms. The number of imidazole rings is 1. The number of fused-ring (bicyclic) bond motifs is 1. The number of hydrogen-bond donors (Lipinski definition) is 2. The number of aromatic amines is 1. The van der Waals surface area contributed by atoms with Crippen LogP contribution in [0.4, 0.5) is 4.39 Å². The van der Waals surface area contributed by atoms with Crippen LogP contribution in [0.15, 0.2) is 22.8 Å². The molecule has 1 aromatic heterocycles. The minimum atomic E-state index is -0.932. The number of amides is 2. The Kier molecular flexibility index (Phi) is 6.37. The van der Waals surface area contributed by atoms with Crippen LogP contribution in [-0.2, 0) is 9.59 Å². The molecule has 2 amide bonds. The Morgan fingerprint density at radius 1 is 1.22 bits per heavy atom. The van der Waals surface area contributed by atoms with Gasteiger partial charge in [0.15, 0.2) is 0 Å². The van der Waals surface area contributed by atoms with Gasteiger partial charge in [-0.3, -0.25) is 19.1 Å². The van der Waals surface area contributed by atoms with Crippen LogP contribution in [0.25, 0.3) is 6.08 Å². The molecule has 2 fully saturated rings. The highest BCUT2D eigenvalue weighted by molar-refractivity contribution is 5.84. The number of piperidine rings is 2. The van der Waals surface area contributed by atoms with Crippen LogP contribution in [0, 0.1) is 5.92 Å². The van der Waals surface area contributed by atoms with Crippen molar-refractivity contribution >= 4 is 17.9 Å². The number of rotatable bonds is 4. The summed E-state index contributed by atoms with van der Waals surface area (Å²) < 4.78 is 16.4. The van der Waals surface area contributed by atoms with E-state index in [4.69, 9.17) is 0 Å². The Bertz CT molecular complexity index is 992. The second-order valence-electron chi connectivity index (χ2n) is 9.15. The molecule has 3 heterocycles. The Morgan fingerprint density at radius 2 is 1.88 bits per heavy atom. The molecule has 0 saturated carbocycles. The van der Waals surface area contributed by atoms with Crippen LogP contribution >= 0.6 is 0 Å². The second kappa shape index (κ2) is 9.05. The van der Waals surface area contributed by atoms with E-state index >= 15 is 0 Å². The summed E-state index contributed by atoms with van der Waals surface area (Å²) >= 11 is 0. The summed E-state index contributed by atoms with van der Waals surface area (Å²) in [5, 5.41) is 2.50. The van der Waals surface area contributed by atoms with Crippen molar-refractivity contribution in [3.63, 3.8) is 0 Å². The maximum absolute atomic E-state index is 14.8. The van der Waals surface area contributed by atoms with Crippen molar-refractivity contribution in [2.75, 3.05) is 39.8 Å². The summed E-state index contributed by atoms with van der Waals surface area (Å²) in [6.07, 6.45) is 4.48. The quantitative estimate of drug-likeness (QED) is 0.692. The van der Waals surface area contributed by atoms with Crippen molar-refractivity contribution in [2.45, 2.75) is 44.6 Å². The minimum absolute atomic E-state index is 0.0695. The van der Waals surface area contributed by atoms with Gasteiger partial charge in [-0.15, -0.1) is 0 Å². The number of nitrogens with one attached hydrogen (secondary N) is 2. The van der Waals surface area contributed by atoms with Crippen LogP contribution in [0.3, 0.4) is 0 Å². The van der Waals surface area contributed by atoms with E-state index in [-0.39, 0.29) is 17.6 Å². The normalized spacial score (nSPS) is 24.8. The van der Waals surface area contributed by atoms with Gasteiger partial charge in [-0.2, -0.15) is 0 Å². The first-order valence-corrected chi connectivity index (χ1v) is 11.4. The van der Waals surface area contributed by atoms with Crippen LogP contribution in [-0.4, -0.2) is 70.9 Å². The molecule has 2 aliphatic heterocycles. The Balaban J connectivity index is 1.43. The topological polar surface area (TPSA) is 90.4 Å². The van der Waals surface area contributed by atoms with Gasteiger partial charge in [-0.05, 0) is 31.8 Å². The molecule has 174 valence electrons. The van der Waals surface area contributed by atoms with E-state index in [9.17, 15) is 18.8 Å². The third-order valence-corrected chi connectivity index (χ3v) is 7.16. The van der Waals surface area contributed by atoms with E-state index in [2.05, 4.69) is 21.8 Å². The number of carbonyl (C=O) groups excluding carboxylic acids is 2. The Labute approximate surface area is 187 Å². The summed E-state index contributed by atoms with van der Waals surface area (Å²) in [6.45, 7) is 9.03. The Morgan fingerprint density at radius 3 is 2.50 bits per heavy atom. The molecule has 2 atom stereocenters. The van der Waals surface area contributed by atoms with Gasteiger partial charge in [0.25, 0.3) is 0 Å². The van der Waals surface area contributed by atoms with Crippen molar-refractivity contribution in [3.05, 3.63) is 39.9 Å². The van der Waals surface area contributed by atoms with Gasteiger partial charge in [0, 0.05) is 50.9 Å². The number of hydrogen-bond acceptors (Lipinski definition) is 4. The van der Waals surface area contributed by atoms with Gasteiger partial charge in [0.05, 0.1) is 18.2 Å². The summed E-state index contributed by atoms with van der Waals surface area (Å²) in [6, 6.07) is -0.0695. The molecular formula is C23H32FN5O3. The highest BCUT2D eigenvalue weighted by Gasteiger charge is 2.38. The molecule has 3 aliphatic rings. The zero-order valence-electron chi connectivity index (χ0n) is 18.8. The molecule has 32 heavy (non-hydrogen) atoms. The number of nitrogens with zero attached hydrogens (tertiary/aromatic N) is 3. The van der Waals surface area contributed by atoms with E-state index in [0.717, 1.165) is 25.9 Å². The van der Waals surface area contributed by atoms with Gasteiger partial charge >= 0.3 is 5.69 Å². The van der Waals surface area contributed by atoms with E-state index in [1.54, 1.807) is 11.5 Å². The third-order valence-electron chi connectivity index (χ3n) is 7.16. The molecule has 2 N–H and O–H groups in total. The van der Waals surface area contributed by atoms with Crippen molar-refractivity contribution in [3.8, 4) is 0 Å². The van der Waals surface area contributed by atoms with Gasteiger partial charge in [0.1, 0.15) is 5.83 Å². The van der Waals surface area contributed by atoms with E-state index in [1.807, 2.05) is 4.90 Å². The van der Waals surface area contributed by atoms with Crippen molar-refractivity contribution < 1.29 is 14.0 Å². The van der Waals surface area contributed by atoms with Crippen LogP contribution in [0.1, 0.15) is 56.0 Å². The number of carbonyl (C=O) groups is 2. The molecule has 8 nitrogen and oxygen atoms in total. The summed E-state index contributed by atoms with van der Waals surface area (Å²) in [5.74, 6) is -2.17. The molecule has 1 aliphatic carbocycles. The molecule has 1 aromatic rings. The Hall–Kier alpha value is -2.68. The summed E-state index contributed by atoms with van der Waals surface area (Å²) in [4.78, 5) is 44.4. The zero-order valence-corrected chi connectivity index (χ0v) is 18.8. The smallest absolute Gasteiger partial charge is 0.326 e. The van der Waals surface area contributed by atoms with Gasteiger partial charge in [-0.1, -0.05) is 19.1 Å². The SMILES string of the molecule is C=C1CCN(C(=O)CN2CCC(n3c4c([nH]c3=O)C(C)C(C(=O)NC)C(F)=C4)CC2)CC1.